The van der Waals surface area contributed by atoms with Crippen LogP contribution in [0.5, 0.6) is 0 Å². The molecule has 0 saturated heterocycles. The minimum Gasteiger partial charge on any atom is -0.477 e. The Morgan fingerprint density at radius 2 is 2.00 bits per heavy atom. The third kappa shape index (κ3) is 3.34. The molecular weight excluding hydrogens is 361 g/mol. The number of halogens is 2. The number of aliphatic hydroxyl groups excluding tert-OH is 1. The number of aromatic carboxylic acids is 1. The summed E-state index contributed by atoms with van der Waals surface area (Å²) in [5, 5.41) is 18.9. The highest BCUT2D eigenvalue weighted by Crippen LogP contribution is 2.24. The van der Waals surface area contributed by atoms with Crippen LogP contribution in [0.1, 0.15) is 21.5 Å². The van der Waals surface area contributed by atoms with E-state index in [-0.39, 0.29) is 35.5 Å². The molecule has 0 aliphatic carbocycles. The van der Waals surface area contributed by atoms with Crippen molar-refractivity contribution in [3.8, 4) is 0 Å². The van der Waals surface area contributed by atoms with E-state index >= 15 is 0 Å². The highest BCUT2D eigenvalue weighted by molar-refractivity contribution is 6.31. The number of pyridine rings is 1. The fraction of sp³-hybridized carbons (Fsp3) is 0.158. The molecule has 0 aliphatic rings. The topological polar surface area (TPSA) is 79.5 Å². The highest BCUT2D eigenvalue weighted by Gasteiger charge is 2.15. The Hall–Kier alpha value is -2.70. The number of carbonyl (C=O) groups is 1. The van der Waals surface area contributed by atoms with Crippen molar-refractivity contribution in [1.29, 1.82) is 0 Å². The average molecular weight is 376 g/mol. The Bertz CT molecular complexity index is 1040. The fourth-order valence-corrected chi connectivity index (χ4v) is 3.13. The molecular formula is C19H15ClFNO4. The lowest BCUT2D eigenvalue weighted by Crippen LogP contribution is -2.20. The van der Waals surface area contributed by atoms with Crippen molar-refractivity contribution < 1.29 is 19.4 Å². The summed E-state index contributed by atoms with van der Waals surface area (Å²) in [6.45, 7) is -0.0564. The first-order valence-corrected chi connectivity index (χ1v) is 8.23. The summed E-state index contributed by atoms with van der Waals surface area (Å²) in [4.78, 5) is 23.9. The maximum absolute atomic E-state index is 14.0. The maximum Gasteiger partial charge on any atom is 0.341 e. The van der Waals surface area contributed by atoms with Crippen LogP contribution < -0.4 is 5.43 Å². The van der Waals surface area contributed by atoms with Crippen LogP contribution in [0.2, 0.25) is 5.02 Å². The molecule has 7 heteroatoms. The molecule has 1 heterocycles. The number of carboxylic acids is 1. The summed E-state index contributed by atoms with van der Waals surface area (Å²) in [5.74, 6) is -1.79. The lowest BCUT2D eigenvalue weighted by Gasteiger charge is -2.13. The van der Waals surface area contributed by atoms with E-state index in [9.17, 15) is 24.2 Å². The molecule has 3 rings (SSSR count). The zero-order chi connectivity index (χ0) is 18.8. The molecule has 0 aliphatic heterocycles. The number of fused-ring (bicyclic) bond motifs is 1. The predicted octanol–water partition coefficient (Wildman–Crippen LogP) is 3.08. The van der Waals surface area contributed by atoms with Crippen molar-refractivity contribution in [2.75, 3.05) is 6.61 Å². The molecule has 0 saturated carbocycles. The van der Waals surface area contributed by atoms with Crippen molar-refractivity contribution in [1.82, 2.24) is 4.57 Å². The van der Waals surface area contributed by atoms with Gasteiger partial charge in [0.05, 0.1) is 12.1 Å². The van der Waals surface area contributed by atoms with Gasteiger partial charge in [-0.15, -0.1) is 0 Å². The van der Waals surface area contributed by atoms with E-state index in [2.05, 4.69) is 0 Å². The lowest BCUT2D eigenvalue weighted by atomic mass is 10.0. The summed E-state index contributed by atoms with van der Waals surface area (Å²) < 4.78 is 15.5. The van der Waals surface area contributed by atoms with Gasteiger partial charge in [0.2, 0.25) is 5.43 Å². The van der Waals surface area contributed by atoms with Crippen LogP contribution in [-0.2, 0) is 13.0 Å². The van der Waals surface area contributed by atoms with Crippen molar-refractivity contribution in [3.05, 3.63) is 80.3 Å². The normalized spacial score (nSPS) is 11.0. The van der Waals surface area contributed by atoms with Crippen molar-refractivity contribution in [2.45, 2.75) is 13.0 Å². The minimum absolute atomic E-state index is 0.148. The van der Waals surface area contributed by atoms with Gasteiger partial charge >= 0.3 is 5.97 Å². The van der Waals surface area contributed by atoms with E-state index < -0.39 is 17.2 Å². The van der Waals surface area contributed by atoms with Gasteiger partial charge in [-0.2, -0.15) is 0 Å². The molecule has 0 unspecified atom stereocenters. The van der Waals surface area contributed by atoms with E-state index in [1.807, 2.05) is 0 Å². The third-order valence-corrected chi connectivity index (χ3v) is 4.51. The second kappa shape index (κ2) is 7.27. The quantitative estimate of drug-likeness (QED) is 0.718. The molecule has 0 fully saturated rings. The van der Waals surface area contributed by atoms with Crippen LogP contribution in [0.3, 0.4) is 0 Å². The van der Waals surface area contributed by atoms with Crippen LogP contribution in [0.4, 0.5) is 4.39 Å². The Labute approximate surface area is 152 Å². The second-order valence-electron chi connectivity index (χ2n) is 5.82. The summed E-state index contributed by atoms with van der Waals surface area (Å²) in [6, 6.07) is 9.31. The van der Waals surface area contributed by atoms with Crippen LogP contribution in [0.25, 0.3) is 10.9 Å². The van der Waals surface area contributed by atoms with Gasteiger partial charge < -0.3 is 14.8 Å². The molecule has 1 aromatic heterocycles. The molecule has 3 aromatic rings. The molecule has 2 N–H and O–H groups in total. The zero-order valence-electron chi connectivity index (χ0n) is 13.6. The molecule has 0 bridgehead atoms. The van der Waals surface area contributed by atoms with E-state index in [0.29, 0.717) is 16.6 Å². The monoisotopic (exact) mass is 375 g/mol. The van der Waals surface area contributed by atoms with Crippen molar-refractivity contribution >= 4 is 28.5 Å². The van der Waals surface area contributed by atoms with E-state index in [1.54, 1.807) is 24.3 Å². The van der Waals surface area contributed by atoms with Gasteiger partial charge in [0.15, 0.2) is 0 Å². The molecule has 0 atom stereocenters. The number of benzene rings is 2. The molecule has 134 valence electrons. The Morgan fingerprint density at radius 1 is 1.23 bits per heavy atom. The summed E-state index contributed by atoms with van der Waals surface area (Å²) in [6.07, 6.45) is 1.38. The summed E-state index contributed by atoms with van der Waals surface area (Å²) in [5.41, 5.74) is 0.422. The van der Waals surface area contributed by atoms with Gasteiger partial charge in [-0.3, -0.25) is 4.79 Å². The minimum atomic E-state index is -1.34. The third-order valence-electron chi connectivity index (χ3n) is 4.16. The smallest absolute Gasteiger partial charge is 0.341 e. The van der Waals surface area contributed by atoms with Crippen LogP contribution in [0.15, 0.2) is 47.4 Å². The largest absolute Gasteiger partial charge is 0.477 e. The summed E-state index contributed by atoms with van der Waals surface area (Å²) in [7, 11) is 0. The molecule has 0 spiro atoms. The number of nitrogens with zero attached hydrogens (tertiary/aromatic N) is 1. The molecule has 5 nitrogen and oxygen atoms in total. The average Bonchev–Trinajstić information content (AvgIpc) is 2.60. The first-order chi connectivity index (χ1) is 12.4. The summed E-state index contributed by atoms with van der Waals surface area (Å²) >= 11 is 6.05. The van der Waals surface area contributed by atoms with Crippen LogP contribution in [-0.4, -0.2) is 27.4 Å². The molecule has 26 heavy (non-hydrogen) atoms. The number of carboxylic acid groups (broad SMARTS) is 1. The number of aromatic nitrogens is 1. The Kier molecular flexibility index (Phi) is 5.06. The highest BCUT2D eigenvalue weighted by atomic mass is 35.5. The lowest BCUT2D eigenvalue weighted by molar-refractivity contribution is 0.0694. The van der Waals surface area contributed by atoms with Gasteiger partial charge in [-0.1, -0.05) is 23.7 Å². The standard InChI is InChI=1S/C19H15ClFNO4/c20-15-2-1-3-16(21)12(15)8-11-4-5-17-13(9-11)18(24)14(19(25)26)10-22(17)6-7-23/h1-5,9-10,23H,6-8H2,(H,25,26). The molecule has 0 radical (unpaired) electrons. The van der Waals surface area contributed by atoms with Gasteiger partial charge in [-0.25, -0.2) is 9.18 Å². The second-order valence-corrected chi connectivity index (χ2v) is 6.23. The van der Waals surface area contributed by atoms with E-state index in [0.717, 1.165) is 0 Å². The van der Waals surface area contributed by atoms with Gasteiger partial charge in [0, 0.05) is 35.1 Å². The number of hydrogen-bond donors (Lipinski definition) is 2. The van der Waals surface area contributed by atoms with Crippen molar-refractivity contribution in [3.63, 3.8) is 0 Å². The van der Waals surface area contributed by atoms with Gasteiger partial charge in [-0.05, 0) is 29.8 Å². The van der Waals surface area contributed by atoms with E-state index in [1.165, 1.54) is 22.9 Å². The first-order valence-electron chi connectivity index (χ1n) is 7.85. The Balaban J connectivity index is 2.17. The molecule has 0 amide bonds. The zero-order valence-corrected chi connectivity index (χ0v) is 14.3. The van der Waals surface area contributed by atoms with E-state index in [4.69, 9.17) is 11.6 Å². The SMILES string of the molecule is O=C(O)c1cn(CCO)c2ccc(Cc3c(F)cccc3Cl)cc2c1=O. The van der Waals surface area contributed by atoms with Crippen molar-refractivity contribution in [2.24, 2.45) is 0 Å². The van der Waals surface area contributed by atoms with Crippen LogP contribution in [0, 0.1) is 5.82 Å². The van der Waals surface area contributed by atoms with Crippen LogP contribution >= 0.6 is 11.6 Å². The number of rotatable bonds is 5. The fourth-order valence-electron chi connectivity index (χ4n) is 2.90. The first kappa shape index (κ1) is 18.1. The Morgan fingerprint density at radius 3 is 2.65 bits per heavy atom. The van der Waals surface area contributed by atoms with Gasteiger partial charge in [0.1, 0.15) is 11.4 Å². The number of hydrogen-bond acceptors (Lipinski definition) is 3. The maximum atomic E-state index is 14.0. The number of aliphatic hydroxyl groups is 1. The van der Waals surface area contributed by atoms with Gasteiger partial charge in [0.25, 0.3) is 0 Å². The molecule has 2 aromatic carbocycles. The predicted molar refractivity (Wildman–Crippen MR) is 96.5 cm³/mol.